The fourth-order valence-electron chi connectivity index (χ4n) is 1.25. The van der Waals surface area contributed by atoms with Gasteiger partial charge in [0.15, 0.2) is 11.5 Å². The Morgan fingerprint density at radius 1 is 1.29 bits per heavy atom. The molecule has 0 atom stereocenters. The minimum Gasteiger partial charge on any atom is -0.486 e. The van der Waals surface area contributed by atoms with Gasteiger partial charge in [-0.3, -0.25) is 5.43 Å². The van der Waals surface area contributed by atoms with E-state index in [0.29, 0.717) is 13.2 Å². The first-order valence-electron chi connectivity index (χ1n) is 4.53. The van der Waals surface area contributed by atoms with Crippen molar-refractivity contribution >= 4 is 11.9 Å². The molecule has 0 fully saturated rings. The highest BCUT2D eigenvalue weighted by atomic mass is 16.6. The molecule has 0 bridgehead atoms. The smallest absolute Gasteiger partial charge is 0.163 e. The molecular weight excluding hydrogens is 180 g/mol. The van der Waals surface area contributed by atoms with Gasteiger partial charge in [-0.15, -0.1) is 0 Å². The number of fused-ring (bicyclic) bond motifs is 1. The Hall–Kier alpha value is -1.71. The summed E-state index contributed by atoms with van der Waals surface area (Å²) in [5.41, 5.74) is 3.77. The second-order valence-corrected chi connectivity index (χ2v) is 2.86. The van der Waals surface area contributed by atoms with Crippen LogP contribution in [-0.2, 0) is 0 Å². The van der Waals surface area contributed by atoms with Crippen molar-refractivity contribution in [2.75, 3.05) is 18.6 Å². The maximum absolute atomic E-state index is 5.43. The summed E-state index contributed by atoms with van der Waals surface area (Å²) in [7, 11) is 0. The lowest BCUT2D eigenvalue weighted by molar-refractivity contribution is 0.171. The molecule has 0 aliphatic carbocycles. The number of anilines is 1. The quantitative estimate of drug-likeness (QED) is 0.574. The zero-order chi connectivity index (χ0) is 9.80. The first-order valence-corrected chi connectivity index (χ1v) is 4.53. The number of hydrazone groups is 1. The summed E-state index contributed by atoms with van der Waals surface area (Å²) in [6, 6.07) is 5.66. The molecule has 0 saturated carbocycles. The number of rotatable bonds is 2. The summed E-state index contributed by atoms with van der Waals surface area (Å²) >= 11 is 0. The molecule has 0 spiro atoms. The summed E-state index contributed by atoms with van der Waals surface area (Å²) in [5.74, 6) is 1.56. The van der Waals surface area contributed by atoms with Gasteiger partial charge in [0.25, 0.3) is 0 Å². The summed E-state index contributed by atoms with van der Waals surface area (Å²) < 4.78 is 10.8. The summed E-state index contributed by atoms with van der Waals surface area (Å²) in [5, 5.41) is 3.92. The van der Waals surface area contributed by atoms with Gasteiger partial charge >= 0.3 is 0 Å². The molecule has 0 unspecified atom stereocenters. The maximum atomic E-state index is 5.43. The van der Waals surface area contributed by atoms with E-state index in [9.17, 15) is 0 Å². The highest BCUT2D eigenvalue weighted by Gasteiger charge is 2.10. The van der Waals surface area contributed by atoms with Gasteiger partial charge in [0.05, 0.1) is 5.69 Å². The van der Waals surface area contributed by atoms with Gasteiger partial charge in [0.1, 0.15) is 13.2 Å². The van der Waals surface area contributed by atoms with Crippen molar-refractivity contribution in [3.63, 3.8) is 0 Å². The molecule has 1 aromatic carbocycles. The largest absolute Gasteiger partial charge is 0.486 e. The van der Waals surface area contributed by atoms with Gasteiger partial charge < -0.3 is 9.47 Å². The van der Waals surface area contributed by atoms with Crippen molar-refractivity contribution in [2.45, 2.75) is 6.92 Å². The lowest BCUT2D eigenvalue weighted by Crippen LogP contribution is -2.15. The van der Waals surface area contributed by atoms with Crippen LogP contribution in [0.15, 0.2) is 23.3 Å². The number of nitrogens with zero attached hydrogens (tertiary/aromatic N) is 1. The molecule has 1 N–H and O–H groups in total. The zero-order valence-electron chi connectivity index (χ0n) is 7.99. The Labute approximate surface area is 82.5 Å². The van der Waals surface area contributed by atoms with Crippen LogP contribution in [0, 0.1) is 0 Å². The third-order valence-electron chi connectivity index (χ3n) is 1.86. The Balaban J connectivity index is 2.20. The molecule has 1 aromatic rings. The Kier molecular flexibility index (Phi) is 2.53. The van der Waals surface area contributed by atoms with Gasteiger partial charge in [0.2, 0.25) is 0 Å². The van der Waals surface area contributed by atoms with Gasteiger partial charge in [-0.2, -0.15) is 5.10 Å². The van der Waals surface area contributed by atoms with Crippen molar-refractivity contribution in [2.24, 2.45) is 5.10 Å². The van der Waals surface area contributed by atoms with Gasteiger partial charge in [-0.25, -0.2) is 0 Å². The van der Waals surface area contributed by atoms with Crippen LogP contribution in [-0.4, -0.2) is 19.4 Å². The Morgan fingerprint density at radius 3 is 2.86 bits per heavy atom. The zero-order valence-corrected chi connectivity index (χ0v) is 7.99. The van der Waals surface area contributed by atoms with Crippen molar-refractivity contribution < 1.29 is 9.47 Å². The molecule has 1 aliphatic heterocycles. The number of nitrogens with one attached hydrogen (secondary N) is 1. The maximum Gasteiger partial charge on any atom is 0.163 e. The molecule has 0 aromatic heterocycles. The minimum absolute atomic E-state index is 0.605. The number of hydrogen-bond acceptors (Lipinski definition) is 4. The van der Waals surface area contributed by atoms with Crippen LogP contribution < -0.4 is 14.9 Å². The number of benzene rings is 1. The van der Waals surface area contributed by atoms with Gasteiger partial charge in [-0.05, 0) is 19.1 Å². The highest BCUT2D eigenvalue weighted by molar-refractivity contribution is 5.59. The van der Waals surface area contributed by atoms with Crippen LogP contribution >= 0.6 is 0 Å². The van der Waals surface area contributed by atoms with Crippen LogP contribution in [0.3, 0.4) is 0 Å². The van der Waals surface area contributed by atoms with E-state index in [1.165, 1.54) is 0 Å². The fourth-order valence-corrected chi connectivity index (χ4v) is 1.25. The summed E-state index contributed by atoms with van der Waals surface area (Å²) in [6.45, 7) is 3.07. The first kappa shape index (κ1) is 8.87. The van der Waals surface area contributed by atoms with Crippen molar-refractivity contribution in [3.8, 4) is 11.5 Å². The monoisotopic (exact) mass is 192 g/mol. The van der Waals surface area contributed by atoms with Crippen molar-refractivity contribution in [3.05, 3.63) is 18.2 Å². The first-order chi connectivity index (χ1) is 6.90. The molecule has 0 amide bonds. The van der Waals surface area contributed by atoms with E-state index in [0.717, 1.165) is 17.2 Å². The molecule has 14 heavy (non-hydrogen) atoms. The molecular formula is C10H12N2O2. The van der Waals surface area contributed by atoms with Crippen molar-refractivity contribution in [1.82, 2.24) is 0 Å². The van der Waals surface area contributed by atoms with E-state index in [2.05, 4.69) is 10.5 Å². The minimum atomic E-state index is 0.605. The standard InChI is InChI=1S/C10H12N2O2/c1-2-11-12-8-3-4-9-10(7-8)14-6-5-13-9/h2-4,7,12H,5-6H2,1H3. The number of hydrogen-bond donors (Lipinski definition) is 1. The van der Waals surface area contributed by atoms with Crippen LogP contribution in [0.1, 0.15) is 6.92 Å². The predicted octanol–water partition coefficient (Wildman–Crippen LogP) is 1.88. The fraction of sp³-hybridized carbons (Fsp3) is 0.300. The Bertz CT molecular complexity index is 350. The summed E-state index contributed by atoms with van der Waals surface area (Å²) in [4.78, 5) is 0. The van der Waals surface area contributed by atoms with Crippen LogP contribution in [0.4, 0.5) is 5.69 Å². The predicted molar refractivity (Wildman–Crippen MR) is 55.2 cm³/mol. The molecule has 4 heteroatoms. The van der Waals surface area contributed by atoms with Crippen LogP contribution in [0.5, 0.6) is 11.5 Å². The van der Waals surface area contributed by atoms with Crippen LogP contribution in [0.25, 0.3) is 0 Å². The normalized spacial score (nSPS) is 14.4. The molecule has 0 saturated heterocycles. The lowest BCUT2D eigenvalue weighted by atomic mass is 10.2. The SMILES string of the molecule is CC=NNc1ccc2c(c1)OCCO2. The van der Waals surface area contributed by atoms with E-state index in [4.69, 9.17) is 9.47 Å². The molecule has 74 valence electrons. The highest BCUT2D eigenvalue weighted by Crippen LogP contribution is 2.32. The number of ether oxygens (including phenoxy) is 2. The van der Waals surface area contributed by atoms with E-state index in [-0.39, 0.29) is 0 Å². The third kappa shape index (κ3) is 1.79. The second kappa shape index (κ2) is 4.00. The summed E-state index contributed by atoms with van der Waals surface area (Å²) in [6.07, 6.45) is 1.69. The lowest BCUT2D eigenvalue weighted by Gasteiger charge is -2.18. The molecule has 4 nitrogen and oxygen atoms in total. The van der Waals surface area contributed by atoms with E-state index in [1.54, 1.807) is 6.21 Å². The second-order valence-electron chi connectivity index (χ2n) is 2.86. The third-order valence-corrected chi connectivity index (χ3v) is 1.86. The topological polar surface area (TPSA) is 42.9 Å². The Morgan fingerprint density at radius 2 is 2.07 bits per heavy atom. The average Bonchev–Trinajstić information content (AvgIpc) is 2.26. The van der Waals surface area contributed by atoms with E-state index < -0.39 is 0 Å². The van der Waals surface area contributed by atoms with Gasteiger partial charge in [-0.1, -0.05) is 0 Å². The van der Waals surface area contributed by atoms with E-state index >= 15 is 0 Å². The molecule has 0 radical (unpaired) electrons. The average molecular weight is 192 g/mol. The van der Waals surface area contributed by atoms with Crippen LogP contribution in [0.2, 0.25) is 0 Å². The van der Waals surface area contributed by atoms with Crippen molar-refractivity contribution in [1.29, 1.82) is 0 Å². The van der Waals surface area contributed by atoms with E-state index in [1.807, 2.05) is 25.1 Å². The molecule has 1 heterocycles. The molecule has 2 rings (SSSR count). The molecule has 1 aliphatic rings. The van der Waals surface area contributed by atoms with Gasteiger partial charge in [0, 0.05) is 12.3 Å².